The largest absolute Gasteiger partial charge is 0.298 e. The predicted octanol–water partition coefficient (Wildman–Crippen LogP) is 2.79. The third-order valence-electron chi connectivity index (χ3n) is 1.98. The number of nitrogens with one attached hydrogen (secondary N) is 1. The SMILES string of the molecule is C#CC(C)(C)NCc1cccc(I)c1. The molecule has 1 rings (SSSR count). The maximum absolute atomic E-state index is 5.39. The molecule has 0 heterocycles. The van der Waals surface area contributed by atoms with Crippen molar-refractivity contribution in [2.24, 2.45) is 0 Å². The van der Waals surface area contributed by atoms with Crippen LogP contribution in [-0.2, 0) is 6.54 Å². The summed E-state index contributed by atoms with van der Waals surface area (Å²) in [6.45, 7) is 4.82. The summed E-state index contributed by atoms with van der Waals surface area (Å²) < 4.78 is 1.25. The fourth-order valence-corrected chi connectivity index (χ4v) is 1.63. The van der Waals surface area contributed by atoms with Crippen LogP contribution >= 0.6 is 22.6 Å². The first-order chi connectivity index (χ1) is 6.53. The van der Waals surface area contributed by atoms with Crippen LogP contribution in [-0.4, -0.2) is 5.54 Å². The first-order valence-electron chi connectivity index (χ1n) is 4.51. The van der Waals surface area contributed by atoms with Gasteiger partial charge < -0.3 is 0 Å². The molecule has 1 aromatic rings. The molecule has 74 valence electrons. The first-order valence-corrected chi connectivity index (χ1v) is 5.58. The summed E-state index contributed by atoms with van der Waals surface area (Å²) in [6, 6.07) is 8.39. The van der Waals surface area contributed by atoms with Gasteiger partial charge in [0.05, 0.1) is 5.54 Å². The lowest BCUT2D eigenvalue weighted by atomic mass is 10.1. The first kappa shape index (κ1) is 11.5. The zero-order chi connectivity index (χ0) is 10.6. The highest BCUT2D eigenvalue weighted by atomic mass is 127. The van der Waals surface area contributed by atoms with E-state index < -0.39 is 0 Å². The third-order valence-corrected chi connectivity index (χ3v) is 2.66. The number of hydrogen-bond donors (Lipinski definition) is 1. The van der Waals surface area contributed by atoms with E-state index in [9.17, 15) is 0 Å². The number of benzene rings is 1. The summed E-state index contributed by atoms with van der Waals surface area (Å²) in [7, 11) is 0. The Morgan fingerprint density at radius 2 is 2.21 bits per heavy atom. The van der Waals surface area contributed by atoms with Crippen molar-refractivity contribution in [1.82, 2.24) is 5.32 Å². The van der Waals surface area contributed by atoms with Gasteiger partial charge in [-0.05, 0) is 54.1 Å². The molecule has 0 unspecified atom stereocenters. The van der Waals surface area contributed by atoms with Gasteiger partial charge in [0.25, 0.3) is 0 Å². The summed E-state index contributed by atoms with van der Waals surface area (Å²) in [6.07, 6.45) is 5.39. The number of rotatable bonds is 3. The van der Waals surface area contributed by atoms with Crippen LogP contribution in [0.2, 0.25) is 0 Å². The van der Waals surface area contributed by atoms with Crippen LogP contribution in [0.25, 0.3) is 0 Å². The van der Waals surface area contributed by atoms with E-state index >= 15 is 0 Å². The fraction of sp³-hybridized carbons (Fsp3) is 0.333. The molecule has 1 aromatic carbocycles. The lowest BCUT2D eigenvalue weighted by Gasteiger charge is -2.19. The van der Waals surface area contributed by atoms with Crippen LogP contribution < -0.4 is 5.32 Å². The van der Waals surface area contributed by atoms with Gasteiger partial charge in [-0.1, -0.05) is 18.1 Å². The average molecular weight is 299 g/mol. The van der Waals surface area contributed by atoms with Crippen molar-refractivity contribution >= 4 is 22.6 Å². The van der Waals surface area contributed by atoms with E-state index in [4.69, 9.17) is 6.42 Å². The van der Waals surface area contributed by atoms with Crippen LogP contribution in [0, 0.1) is 15.9 Å². The van der Waals surface area contributed by atoms with Crippen molar-refractivity contribution in [3.63, 3.8) is 0 Å². The van der Waals surface area contributed by atoms with Crippen LogP contribution in [0.1, 0.15) is 19.4 Å². The van der Waals surface area contributed by atoms with Crippen molar-refractivity contribution in [2.45, 2.75) is 25.9 Å². The van der Waals surface area contributed by atoms with Gasteiger partial charge >= 0.3 is 0 Å². The summed E-state index contributed by atoms with van der Waals surface area (Å²) in [5, 5.41) is 3.31. The lowest BCUT2D eigenvalue weighted by Crippen LogP contribution is -2.36. The molecule has 0 aliphatic carbocycles. The molecule has 14 heavy (non-hydrogen) atoms. The van der Waals surface area contributed by atoms with Crippen LogP contribution in [0.4, 0.5) is 0 Å². The summed E-state index contributed by atoms with van der Waals surface area (Å²) in [4.78, 5) is 0. The molecular formula is C12H14IN. The molecule has 1 nitrogen and oxygen atoms in total. The monoisotopic (exact) mass is 299 g/mol. The highest BCUT2D eigenvalue weighted by Gasteiger charge is 2.11. The standard InChI is InChI=1S/C12H14IN/c1-4-12(2,3)14-9-10-6-5-7-11(13)8-10/h1,5-8,14H,9H2,2-3H3. The van der Waals surface area contributed by atoms with Crippen molar-refractivity contribution < 1.29 is 0 Å². The van der Waals surface area contributed by atoms with Crippen molar-refractivity contribution in [3.05, 3.63) is 33.4 Å². The molecular weight excluding hydrogens is 285 g/mol. The molecule has 0 aliphatic heterocycles. The van der Waals surface area contributed by atoms with E-state index in [2.05, 4.69) is 58.1 Å². The topological polar surface area (TPSA) is 12.0 Å². The molecule has 0 aromatic heterocycles. The molecule has 0 amide bonds. The minimum atomic E-state index is -0.235. The van der Waals surface area contributed by atoms with Gasteiger partial charge in [-0.15, -0.1) is 6.42 Å². The normalized spacial score (nSPS) is 11.0. The van der Waals surface area contributed by atoms with Gasteiger partial charge in [0.2, 0.25) is 0 Å². The molecule has 0 atom stereocenters. The second-order valence-corrected chi connectivity index (χ2v) is 5.00. The average Bonchev–Trinajstić information content (AvgIpc) is 2.15. The second kappa shape index (κ2) is 4.81. The highest BCUT2D eigenvalue weighted by Crippen LogP contribution is 2.09. The maximum atomic E-state index is 5.39. The van der Waals surface area contributed by atoms with Crippen LogP contribution in [0.15, 0.2) is 24.3 Å². The highest BCUT2D eigenvalue weighted by molar-refractivity contribution is 14.1. The molecule has 1 N–H and O–H groups in total. The van der Waals surface area contributed by atoms with Crippen molar-refractivity contribution in [3.8, 4) is 12.3 Å². The Kier molecular flexibility index (Phi) is 3.97. The fourth-order valence-electron chi connectivity index (χ4n) is 1.02. The van der Waals surface area contributed by atoms with E-state index in [0.29, 0.717) is 0 Å². The molecule has 0 radical (unpaired) electrons. The molecule has 0 spiro atoms. The van der Waals surface area contributed by atoms with Crippen LogP contribution in [0.5, 0.6) is 0 Å². The summed E-state index contributed by atoms with van der Waals surface area (Å²) in [5.74, 6) is 2.71. The van der Waals surface area contributed by atoms with Gasteiger partial charge in [-0.3, -0.25) is 5.32 Å². The Hall–Kier alpha value is -0.530. The number of halogens is 1. The van der Waals surface area contributed by atoms with Gasteiger partial charge in [-0.25, -0.2) is 0 Å². The Labute approximate surface area is 99.4 Å². The van der Waals surface area contributed by atoms with E-state index in [-0.39, 0.29) is 5.54 Å². The molecule has 0 saturated carbocycles. The molecule has 0 saturated heterocycles. The van der Waals surface area contributed by atoms with Gasteiger partial charge in [0, 0.05) is 10.1 Å². The van der Waals surface area contributed by atoms with Gasteiger partial charge in [-0.2, -0.15) is 0 Å². The predicted molar refractivity (Wildman–Crippen MR) is 68.9 cm³/mol. The zero-order valence-electron chi connectivity index (χ0n) is 8.47. The van der Waals surface area contributed by atoms with Crippen LogP contribution in [0.3, 0.4) is 0 Å². The third kappa shape index (κ3) is 3.69. The molecule has 0 fully saturated rings. The summed E-state index contributed by atoms with van der Waals surface area (Å²) in [5.41, 5.74) is 1.03. The second-order valence-electron chi connectivity index (χ2n) is 3.75. The Morgan fingerprint density at radius 1 is 1.50 bits per heavy atom. The number of terminal acetylenes is 1. The quantitative estimate of drug-likeness (QED) is 0.668. The molecule has 0 bridgehead atoms. The van der Waals surface area contributed by atoms with Crippen molar-refractivity contribution in [2.75, 3.05) is 0 Å². The Bertz CT molecular complexity index is 350. The van der Waals surface area contributed by atoms with E-state index in [1.807, 2.05) is 13.8 Å². The Balaban J connectivity index is 2.59. The minimum absolute atomic E-state index is 0.235. The maximum Gasteiger partial charge on any atom is 0.0743 e. The number of hydrogen-bond acceptors (Lipinski definition) is 1. The van der Waals surface area contributed by atoms with E-state index in [1.165, 1.54) is 9.13 Å². The van der Waals surface area contributed by atoms with E-state index in [1.54, 1.807) is 0 Å². The van der Waals surface area contributed by atoms with Gasteiger partial charge in [0.1, 0.15) is 0 Å². The van der Waals surface area contributed by atoms with E-state index in [0.717, 1.165) is 6.54 Å². The zero-order valence-corrected chi connectivity index (χ0v) is 10.6. The molecule has 2 heteroatoms. The minimum Gasteiger partial charge on any atom is -0.298 e. The summed E-state index contributed by atoms with van der Waals surface area (Å²) >= 11 is 2.31. The van der Waals surface area contributed by atoms with Gasteiger partial charge in [0.15, 0.2) is 0 Å². The van der Waals surface area contributed by atoms with Crippen molar-refractivity contribution in [1.29, 1.82) is 0 Å². The lowest BCUT2D eigenvalue weighted by molar-refractivity contribution is 0.491. The smallest absolute Gasteiger partial charge is 0.0743 e. The molecule has 0 aliphatic rings. The Morgan fingerprint density at radius 3 is 2.79 bits per heavy atom.